The lowest BCUT2D eigenvalue weighted by atomic mass is 10.1. The van der Waals surface area contributed by atoms with E-state index in [1.165, 1.54) is 17.0 Å². The first-order valence-corrected chi connectivity index (χ1v) is 6.45. The summed E-state index contributed by atoms with van der Waals surface area (Å²) in [7, 11) is 0. The summed E-state index contributed by atoms with van der Waals surface area (Å²) in [4.78, 5) is 25.3. The van der Waals surface area contributed by atoms with Crippen molar-refractivity contribution < 1.29 is 14.0 Å². The lowest BCUT2D eigenvalue weighted by Gasteiger charge is -2.16. The number of hydrogen-bond acceptors (Lipinski definition) is 3. The van der Waals surface area contributed by atoms with Crippen LogP contribution in [0.5, 0.6) is 0 Å². The molecule has 2 aliphatic rings. The van der Waals surface area contributed by atoms with E-state index in [2.05, 4.69) is 5.32 Å². The number of likely N-dealkylation sites (tertiary alicyclic amines) is 1. The molecule has 1 aliphatic heterocycles. The number of benzene rings is 1. The number of amides is 2. The Hall–Kier alpha value is -1.91. The summed E-state index contributed by atoms with van der Waals surface area (Å²) in [6, 6.07) is 3.91. The smallest absolute Gasteiger partial charge is 0.252 e. The molecule has 1 saturated heterocycles. The van der Waals surface area contributed by atoms with Crippen LogP contribution in [-0.4, -0.2) is 28.8 Å². The SMILES string of the molecule is Cc1ccc(F)cc1NC1CC(=O)N(C2CC2)C1=O. The fourth-order valence-electron chi connectivity index (χ4n) is 2.42. The van der Waals surface area contributed by atoms with Crippen molar-refractivity contribution in [2.75, 3.05) is 5.32 Å². The fourth-order valence-corrected chi connectivity index (χ4v) is 2.42. The number of anilines is 1. The Morgan fingerprint density at radius 1 is 1.32 bits per heavy atom. The molecule has 100 valence electrons. The molecule has 0 bridgehead atoms. The van der Waals surface area contributed by atoms with Crippen molar-refractivity contribution in [1.29, 1.82) is 0 Å². The third kappa shape index (κ3) is 2.20. The summed E-state index contributed by atoms with van der Waals surface area (Å²) < 4.78 is 13.2. The predicted octanol–water partition coefficient (Wildman–Crippen LogP) is 1.84. The van der Waals surface area contributed by atoms with Crippen molar-refractivity contribution in [3.05, 3.63) is 29.6 Å². The molecule has 2 amide bonds. The second kappa shape index (κ2) is 4.33. The van der Waals surface area contributed by atoms with Crippen LogP contribution in [-0.2, 0) is 9.59 Å². The van der Waals surface area contributed by atoms with Crippen molar-refractivity contribution >= 4 is 17.5 Å². The van der Waals surface area contributed by atoms with Gasteiger partial charge in [0.15, 0.2) is 0 Å². The van der Waals surface area contributed by atoms with Gasteiger partial charge in [-0.2, -0.15) is 0 Å². The zero-order chi connectivity index (χ0) is 13.6. The third-order valence-corrected chi connectivity index (χ3v) is 3.62. The van der Waals surface area contributed by atoms with E-state index >= 15 is 0 Å². The van der Waals surface area contributed by atoms with E-state index in [1.54, 1.807) is 6.07 Å². The quantitative estimate of drug-likeness (QED) is 0.845. The van der Waals surface area contributed by atoms with Gasteiger partial charge in [-0.3, -0.25) is 14.5 Å². The molecule has 3 rings (SSSR count). The number of hydrogen-bond donors (Lipinski definition) is 1. The van der Waals surface area contributed by atoms with Crippen LogP contribution in [0.3, 0.4) is 0 Å². The number of nitrogens with zero attached hydrogens (tertiary/aromatic N) is 1. The Morgan fingerprint density at radius 3 is 2.74 bits per heavy atom. The van der Waals surface area contributed by atoms with Gasteiger partial charge in [0.2, 0.25) is 5.91 Å². The van der Waals surface area contributed by atoms with Crippen LogP contribution in [0.1, 0.15) is 24.8 Å². The van der Waals surface area contributed by atoms with Crippen molar-refractivity contribution in [3.63, 3.8) is 0 Å². The minimum absolute atomic E-state index is 0.0976. The van der Waals surface area contributed by atoms with E-state index in [1.807, 2.05) is 6.92 Å². The highest BCUT2D eigenvalue weighted by atomic mass is 19.1. The minimum Gasteiger partial charge on any atom is -0.373 e. The fraction of sp³-hybridized carbons (Fsp3) is 0.429. The average Bonchev–Trinajstić information content (AvgIpc) is 3.13. The summed E-state index contributed by atoms with van der Waals surface area (Å²) in [5, 5.41) is 2.99. The molecule has 0 radical (unpaired) electrons. The van der Waals surface area contributed by atoms with Gasteiger partial charge >= 0.3 is 0 Å². The molecule has 1 aromatic rings. The minimum atomic E-state index is -0.561. The molecule has 1 heterocycles. The van der Waals surface area contributed by atoms with E-state index in [-0.39, 0.29) is 30.1 Å². The van der Waals surface area contributed by atoms with Gasteiger partial charge in [0.25, 0.3) is 5.91 Å². The lowest BCUT2D eigenvalue weighted by molar-refractivity contribution is -0.139. The second-order valence-corrected chi connectivity index (χ2v) is 5.19. The van der Waals surface area contributed by atoms with Gasteiger partial charge in [0.1, 0.15) is 11.9 Å². The molecule has 1 aromatic carbocycles. The maximum atomic E-state index is 13.2. The first kappa shape index (κ1) is 12.1. The molecular weight excluding hydrogens is 247 g/mol. The maximum Gasteiger partial charge on any atom is 0.252 e. The molecule has 1 saturated carbocycles. The van der Waals surface area contributed by atoms with Crippen molar-refractivity contribution in [2.45, 2.75) is 38.3 Å². The molecule has 1 atom stereocenters. The number of carbonyl (C=O) groups is 2. The summed E-state index contributed by atoms with van der Waals surface area (Å²) in [6.07, 6.45) is 1.97. The van der Waals surface area contributed by atoms with Gasteiger partial charge in [-0.1, -0.05) is 6.07 Å². The molecular formula is C14H15FN2O2. The number of aryl methyl sites for hydroxylation is 1. The highest BCUT2D eigenvalue weighted by Gasteiger charge is 2.46. The molecule has 1 aliphatic carbocycles. The van der Waals surface area contributed by atoms with E-state index in [0.717, 1.165) is 18.4 Å². The topological polar surface area (TPSA) is 49.4 Å². The molecule has 0 spiro atoms. The Kier molecular flexibility index (Phi) is 2.77. The van der Waals surface area contributed by atoms with Gasteiger partial charge < -0.3 is 5.32 Å². The highest BCUT2D eigenvalue weighted by molar-refractivity contribution is 6.07. The number of halogens is 1. The number of rotatable bonds is 3. The van der Waals surface area contributed by atoms with Crippen LogP contribution in [0.2, 0.25) is 0 Å². The first-order valence-electron chi connectivity index (χ1n) is 6.45. The van der Waals surface area contributed by atoms with Crippen LogP contribution in [0.4, 0.5) is 10.1 Å². The number of carbonyl (C=O) groups excluding carboxylic acids is 2. The largest absolute Gasteiger partial charge is 0.373 e. The first-order chi connectivity index (χ1) is 9.06. The monoisotopic (exact) mass is 262 g/mol. The van der Waals surface area contributed by atoms with Gasteiger partial charge in [-0.05, 0) is 37.5 Å². The van der Waals surface area contributed by atoms with Gasteiger partial charge in [-0.15, -0.1) is 0 Å². The van der Waals surface area contributed by atoms with E-state index in [4.69, 9.17) is 0 Å². The summed E-state index contributed by atoms with van der Waals surface area (Å²) in [5.41, 5.74) is 1.43. The standard InChI is InChI=1S/C14H15FN2O2/c1-8-2-3-9(15)6-11(8)16-12-7-13(18)17(14(12)19)10-4-5-10/h2-3,6,10,12,16H,4-5,7H2,1H3. The van der Waals surface area contributed by atoms with Crippen molar-refractivity contribution in [2.24, 2.45) is 0 Å². The van der Waals surface area contributed by atoms with Gasteiger partial charge in [-0.25, -0.2) is 4.39 Å². The molecule has 0 aromatic heterocycles. The Bertz CT molecular complexity index is 554. The molecule has 4 nitrogen and oxygen atoms in total. The number of nitrogens with one attached hydrogen (secondary N) is 1. The van der Waals surface area contributed by atoms with E-state index in [0.29, 0.717) is 5.69 Å². The van der Waals surface area contributed by atoms with Crippen LogP contribution >= 0.6 is 0 Å². The molecule has 2 fully saturated rings. The van der Waals surface area contributed by atoms with Crippen LogP contribution < -0.4 is 5.32 Å². The highest BCUT2D eigenvalue weighted by Crippen LogP contribution is 2.32. The summed E-state index contributed by atoms with van der Waals surface area (Å²) in [5.74, 6) is -0.667. The van der Waals surface area contributed by atoms with E-state index in [9.17, 15) is 14.0 Å². The van der Waals surface area contributed by atoms with Crippen LogP contribution in [0, 0.1) is 12.7 Å². The van der Waals surface area contributed by atoms with E-state index < -0.39 is 6.04 Å². The zero-order valence-corrected chi connectivity index (χ0v) is 10.6. The summed E-state index contributed by atoms with van der Waals surface area (Å²) >= 11 is 0. The lowest BCUT2D eigenvalue weighted by Crippen LogP contribution is -2.36. The normalized spacial score (nSPS) is 23.1. The molecule has 5 heteroatoms. The average molecular weight is 262 g/mol. The van der Waals surface area contributed by atoms with Crippen LogP contribution in [0.15, 0.2) is 18.2 Å². The maximum absolute atomic E-state index is 13.2. The molecule has 1 unspecified atom stereocenters. The third-order valence-electron chi connectivity index (χ3n) is 3.62. The van der Waals surface area contributed by atoms with Crippen LogP contribution in [0.25, 0.3) is 0 Å². The summed E-state index contributed by atoms with van der Waals surface area (Å²) in [6.45, 7) is 1.84. The number of imide groups is 1. The molecule has 1 N–H and O–H groups in total. The van der Waals surface area contributed by atoms with Gasteiger partial charge in [0, 0.05) is 11.7 Å². The Labute approximate surface area is 110 Å². The molecule has 19 heavy (non-hydrogen) atoms. The predicted molar refractivity (Wildman–Crippen MR) is 68.0 cm³/mol. The van der Waals surface area contributed by atoms with Gasteiger partial charge in [0.05, 0.1) is 6.42 Å². The van der Waals surface area contributed by atoms with Crippen molar-refractivity contribution in [1.82, 2.24) is 4.90 Å². The zero-order valence-electron chi connectivity index (χ0n) is 10.6. The Morgan fingerprint density at radius 2 is 2.05 bits per heavy atom. The second-order valence-electron chi connectivity index (χ2n) is 5.19. The Balaban J connectivity index is 1.78. The van der Waals surface area contributed by atoms with Crippen molar-refractivity contribution in [3.8, 4) is 0 Å².